The third-order valence-electron chi connectivity index (χ3n) is 3.99. The molecule has 2 aliphatic rings. The molecule has 1 fully saturated rings. The van der Waals surface area contributed by atoms with Crippen LogP contribution in [0.4, 0.5) is 0 Å². The maximum absolute atomic E-state index is 5.92. The van der Waals surface area contributed by atoms with Gasteiger partial charge in [-0.1, -0.05) is 37.5 Å². The van der Waals surface area contributed by atoms with Gasteiger partial charge in [0.25, 0.3) is 0 Å². The minimum absolute atomic E-state index is 0.479. The van der Waals surface area contributed by atoms with Gasteiger partial charge < -0.3 is 4.74 Å². The molecule has 80 valence electrons. The number of benzene rings is 1. The lowest BCUT2D eigenvalue weighted by Crippen LogP contribution is -2.36. The molecule has 1 saturated carbocycles. The van der Waals surface area contributed by atoms with Crippen molar-refractivity contribution >= 4 is 0 Å². The predicted octanol–water partition coefficient (Wildman–Crippen LogP) is 3.57. The summed E-state index contributed by atoms with van der Waals surface area (Å²) < 4.78 is 5.92. The number of fused-ring (bicyclic) bond motifs is 1. The van der Waals surface area contributed by atoms with Crippen LogP contribution in [0, 0.1) is 5.41 Å². The summed E-state index contributed by atoms with van der Waals surface area (Å²) in [5.74, 6) is 1.12. The minimum atomic E-state index is 0.479. The minimum Gasteiger partial charge on any atom is -0.493 e. The van der Waals surface area contributed by atoms with Gasteiger partial charge in [0.2, 0.25) is 0 Å². The van der Waals surface area contributed by atoms with Crippen molar-refractivity contribution in [2.75, 3.05) is 6.61 Å². The Morgan fingerprint density at radius 2 is 1.80 bits per heavy atom. The fourth-order valence-corrected chi connectivity index (χ4v) is 3.10. The molecule has 1 heterocycles. The van der Waals surface area contributed by atoms with Crippen molar-refractivity contribution in [3.8, 4) is 5.75 Å². The second kappa shape index (κ2) is 3.55. The monoisotopic (exact) mass is 202 g/mol. The van der Waals surface area contributed by atoms with Gasteiger partial charge in [-0.3, -0.25) is 0 Å². The SMILES string of the molecule is c1ccc2c(c1)CC1(CCCCC1)CO2. The Morgan fingerprint density at radius 1 is 1.00 bits per heavy atom. The van der Waals surface area contributed by atoms with Crippen LogP contribution in [0.15, 0.2) is 24.3 Å². The van der Waals surface area contributed by atoms with Crippen molar-refractivity contribution in [3.63, 3.8) is 0 Å². The molecule has 1 aliphatic carbocycles. The second-order valence-electron chi connectivity index (χ2n) is 5.13. The van der Waals surface area contributed by atoms with E-state index >= 15 is 0 Å². The highest BCUT2D eigenvalue weighted by Crippen LogP contribution is 2.44. The average Bonchev–Trinajstić information content (AvgIpc) is 2.30. The maximum atomic E-state index is 5.92. The van der Waals surface area contributed by atoms with Crippen LogP contribution in [0.3, 0.4) is 0 Å². The molecule has 1 aromatic rings. The first-order valence-corrected chi connectivity index (χ1v) is 6.09. The van der Waals surface area contributed by atoms with E-state index in [1.165, 1.54) is 44.1 Å². The first-order chi connectivity index (χ1) is 7.38. The molecule has 1 heteroatoms. The van der Waals surface area contributed by atoms with Gasteiger partial charge in [0.05, 0.1) is 6.61 Å². The van der Waals surface area contributed by atoms with Gasteiger partial charge in [0.15, 0.2) is 0 Å². The topological polar surface area (TPSA) is 9.23 Å². The average molecular weight is 202 g/mol. The van der Waals surface area contributed by atoms with Crippen LogP contribution < -0.4 is 4.74 Å². The van der Waals surface area contributed by atoms with Gasteiger partial charge in [-0.05, 0) is 30.9 Å². The van der Waals surface area contributed by atoms with Crippen molar-refractivity contribution in [1.29, 1.82) is 0 Å². The molecule has 15 heavy (non-hydrogen) atoms. The van der Waals surface area contributed by atoms with E-state index in [0.29, 0.717) is 5.41 Å². The van der Waals surface area contributed by atoms with E-state index in [-0.39, 0.29) is 0 Å². The van der Waals surface area contributed by atoms with Gasteiger partial charge in [0, 0.05) is 5.41 Å². The van der Waals surface area contributed by atoms with Crippen molar-refractivity contribution in [3.05, 3.63) is 29.8 Å². The molecular weight excluding hydrogens is 184 g/mol. The van der Waals surface area contributed by atoms with E-state index in [1.54, 1.807) is 0 Å². The van der Waals surface area contributed by atoms with Crippen LogP contribution in [-0.4, -0.2) is 6.61 Å². The molecule has 3 rings (SSSR count). The van der Waals surface area contributed by atoms with Gasteiger partial charge in [-0.2, -0.15) is 0 Å². The third-order valence-corrected chi connectivity index (χ3v) is 3.99. The standard InChI is InChI=1S/C14H18O/c1-4-8-14(9-5-1)10-12-6-2-3-7-13(12)15-11-14/h2-3,6-7H,1,4-5,8-11H2. The Balaban J connectivity index is 1.87. The van der Waals surface area contributed by atoms with Crippen molar-refractivity contribution in [2.45, 2.75) is 38.5 Å². The summed E-state index contributed by atoms with van der Waals surface area (Å²) >= 11 is 0. The number of ether oxygens (including phenoxy) is 1. The summed E-state index contributed by atoms with van der Waals surface area (Å²) in [4.78, 5) is 0. The molecule has 0 amide bonds. The van der Waals surface area contributed by atoms with Crippen LogP contribution >= 0.6 is 0 Å². The smallest absolute Gasteiger partial charge is 0.122 e. The highest BCUT2D eigenvalue weighted by Gasteiger charge is 2.36. The number of para-hydroxylation sites is 1. The zero-order valence-electron chi connectivity index (χ0n) is 9.17. The zero-order valence-corrected chi connectivity index (χ0v) is 9.17. The Labute approximate surface area is 91.5 Å². The number of hydrogen-bond acceptors (Lipinski definition) is 1. The molecule has 1 aromatic carbocycles. The van der Waals surface area contributed by atoms with Crippen molar-refractivity contribution in [2.24, 2.45) is 5.41 Å². The number of hydrogen-bond donors (Lipinski definition) is 0. The molecule has 1 spiro atoms. The summed E-state index contributed by atoms with van der Waals surface area (Å²) in [6, 6.07) is 8.53. The van der Waals surface area contributed by atoms with Gasteiger partial charge in [0.1, 0.15) is 5.75 Å². The summed E-state index contributed by atoms with van der Waals surface area (Å²) in [7, 11) is 0. The van der Waals surface area contributed by atoms with Gasteiger partial charge in [-0.15, -0.1) is 0 Å². The molecule has 1 nitrogen and oxygen atoms in total. The van der Waals surface area contributed by atoms with Crippen LogP contribution in [0.5, 0.6) is 5.75 Å². The summed E-state index contributed by atoms with van der Waals surface area (Å²) in [5.41, 5.74) is 1.90. The largest absolute Gasteiger partial charge is 0.493 e. The first kappa shape index (κ1) is 9.26. The number of rotatable bonds is 0. The Bertz CT molecular complexity index is 350. The molecule has 1 aliphatic heterocycles. The quantitative estimate of drug-likeness (QED) is 0.625. The second-order valence-corrected chi connectivity index (χ2v) is 5.13. The lowest BCUT2D eigenvalue weighted by molar-refractivity contribution is 0.0781. The van der Waals surface area contributed by atoms with E-state index in [2.05, 4.69) is 24.3 Å². The highest BCUT2D eigenvalue weighted by molar-refractivity contribution is 5.36. The fraction of sp³-hybridized carbons (Fsp3) is 0.571. The molecule has 0 N–H and O–H groups in total. The van der Waals surface area contributed by atoms with Crippen molar-refractivity contribution < 1.29 is 4.74 Å². The van der Waals surface area contributed by atoms with Gasteiger partial charge >= 0.3 is 0 Å². The Morgan fingerprint density at radius 3 is 2.67 bits per heavy atom. The fourth-order valence-electron chi connectivity index (χ4n) is 3.10. The van der Waals surface area contributed by atoms with Gasteiger partial charge in [-0.25, -0.2) is 0 Å². The predicted molar refractivity (Wildman–Crippen MR) is 61.2 cm³/mol. The Hall–Kier alpha value is -0.980. The van der Waals surface area contributed by atoms with E-state index in [0.717, 1.165) is 12.4 Å². The lowest BCUT2D eigenvalue weighted by atomic mass is 9.70. The summed E-state index contributed by atoms with van der Waals surface area (Å²) in [6.07, 6.45) is 8.17. The zero-order chi connectivity index (χ0) is 10.1. The molecule has 0 radical (unpaired) electrons. The van der Waals surface area contributed by atoms with Crippen LogP contribution in [-0.2, 0) is 6.42 Å². The van der Waals surface area contributed by atoms with E-state index in [1.807, 2.05) is 0 Å². The maximum Gasteiger partial charge on any atom is 0.122 e. The molecule has 0 aromatic heterocycles. The third kappa shape index (κ3) is 1.64. The molecule has 0 bridgehead atoms. The lowest BCUT2D eigenvalue weighted by Gasteiger charge is -2.40. The summed E-state index contributed by atoms with van der Waals surface area (Å²) in [6.45, 7) is 0.948. The highest BCUT2D eigenvalue weighted by atomic mass is 16.5. The van der Waals surface area contributed by atoms with E-state index in [4.69, 9.17) is 4.74 Å². The molecule has 0 atom stereocenters. The Kier molecular flexibility index (Phi) is 2.19. The van der Waals surface area contributed by atoms with Crippen molar-refractivity contribution in [1.82, 2.24) is 0 Å². The molecular formula is C14H18O. The summed E-state index contributed by atoms with van der Waals surface area (Å²) in [5, 5.41) is 0. The molecule has 0 saturated heterocycles. The van der Waals surface area contributed by atoms with E-state index < -0.39 is 0 Å². The van der Waals surface area contributed by atoms with E-state index in [9.17, 15) is 0 Å². The normalized spacial score (nSPS) is 23.2. The van der Waals surface area contributed by atoms with Crippen LogP contribution in [0.2, 0.25) is 0 Å². The van der Waals surface area contributed by atoms with Crippen LogP contribution in [0.25, 0.3) is 0 Å². The molecule has 0 unspecified atom stereocenters. The first-order valence-electron chi connectivity index (χ1n) is 6.09. The van der Waals surface area contributed by atoms with Crippen LogP contribution in [0.1, 0.15) is 37.7 Å².